The van der Waals surface area contributed by atoms with Crippen LogP contribution in [-0.2, 0) is 11.2 Å². The third-order valence-corrected chi connectivity index (χ3v) is 4.39. The highest BCUT2D eigenvalue weighted by molar-refractivity contribution is 14.1. The molecule has 2 aromatic rings. The van der Waals surface area contributed by atoms with Gasteiger partial charge in [0.2, 0.25) is 0 Å². The van der Waals surface area contributed by atoms with Gasteiger partial charge in [-0.05, 0) is 58.3 Å². The lowest BCUT2D eigenvalue weighted by atomic mass is 9.97. The Labute approximate surface area is 131 Å². The van der Waals surface area contributed by atoms with Crippen molar-refractivity contribution < 1.29 is 9.13 Å². The van der Waals surface area contributed by atoms with E-state index >= 15 is 0 Å². The number of anilines is 1. The lowest BCUT2D eigenvalue weighted by Gasteiger charge is -2.26. The van der Waals surface area contributed by atoms with Crippen molar-refractivity contribution >= 4 is 28.3 Å². The second kappa shape index (κ2) is 6.10. The second-order valence-corrected chi connectivity index (χ2v) is 5.98. The van der Waals surface area contributed by atoms with Gasteiger partial charge in [0.05, 0.1) is 12.7 Å². The normalized spacial score (nSPS) is 17.6. The summed E-state index contributed by atoms with van der Waals surface area (Å²) in [6.45, 7) is 1.45. The number of fused-ring (bicyclic) bond motifs is 1. The molecule has 0 aromatic heterocycles. The molecular weight excluding hydrogens is 368 g/mol. The number of hydrogen-bond donors (Lipinski definition) is 1. The summed E-state index contributed by atoms with van der Waals surface area (Å²) < 4.78 is 19.8. The van der Waals surface area contributed by atoms with Gasteiger partial charge in [0.15, 0.2) is 0 Å². The van der Waals surface area contributed by atoms with Crippen molar-refractivity contribution in [3.05, 3.63) is 63.0 Å². The Kier molecular flexibility index (Phi) is 4.21. The molecular formula is C16H15FINO. The molecule has 104 valence electrons. The lowest BCUT2D eigenvalue weighted by Crippen LogP contribution is -2.22. The van der Waals surface area contributed by atoms with E-state index in [1.807, 2.05) is 6.07 Å². The molecule has 0 fully saturated rings. The van der Waals surface area contributed by atoms with E-state index < -0.39 is 0 Å². The summed E-state index contributed by atoms with van der Waals surface area (Å²) in [5.41, 5.74) is 3.56. The second-order valence-electron chi connectivity index (χ2n) is 4.81. The average molecular weight is 383 g/mol. The Morgan fingerprint density at radius 2 is 2.10 bits per heavy atom. The highest BCUT2D eigenvalue weighted by Gasteiger charge is 2.20. The molecule has 0 radical (unpaired) electrons. The van der Waals surface area contributed by atoms with Gasteiger partial charge in [-0.15, -0.1) is 0 Å². The number of hydrogen-bond acceptors (Lipinski definition) is 2. The molecule has 0 spiro atoms. The zero-order valence-corrected chi connectivity index (χ0v) is 13.1. The van der Waals surface area contributed by atoms with Gasteiger partial charge in [0.1, 0.15) is 5.82 Å². The average Bonchev–Trinajstić information content (AvgIpc) is 2.46. The summed E-state index contributed by atoms with van der Waals surface area (Å²) in [4.78, 5) is 0. The van der Waals surface area contributed by atoms with E-state index in [2.05, 4.69) is 46.1 Å². The van der Waals surface area contributed by atoms with Crippen LogP contribution in [-0.4, -0.2) is 13.2 Å². The van der Waals surface area contributed by atoms with Crippen molar-refractivity contribution in [3.8, 4) is 0 Å². The number of halogens is 2. The quantitative estimate of drug-likeness (QED) is 0.804. The SMILES string of the molecule is Fc1ccc(NCC2OCCc3ccccc32)c(I)c1. The first-order chi connectivity index (χ1) is 9.74. The summed E-state index contributed by atoms with van der Waals surface area (Å²) in [5, 5.41) is 3.35. The molecule has 1 atom stereocenters. The summed E-state index contributed by atoms with van der Waals surface area (Å²) in [6.07, 6.45) is 1.03. The van der Waals surface area contributed by atoms with E-state index in [1.54, 1.807) is 6.07 Å². The van der Waals surface area contributed by atoms with Gasteiger partial charge in [0, 0.05) is 15.8 Å². The van der Waals surface area contributed by atoms with Crippen molar-refractivity contribution in [1.29, 1.82) is 0 Å². The van der Waals surface area contributed by atoms with Crippen molar-refractivity contribution in [2.45, 2.75) is 12.5 Å². The molecule has 2 nitrogen and oxygen atoms in total. The fraction of sp³-hybridized carbons (Fsp3) is 0.250. The van der Waals surface area contributed by atoms with Crippen molar-refractivity contribution in [1.82, 2.24) is 0 Å². The monoisotopic (exact) mass is 383 g/mol. The molecule has 20 heavy (non-hydrogen) atoms. The highest BCUT2D eigenvalue weighted by atomic mass is 127. The minimum Gasteiger partial charge on any atom is -0.381 e. The van der Waals surface area contributed by atoms with Crippen LogP contribution in [0.25, 0.3) is 0 Å². The van der Waals surface area contributed by atoms with Crippen LogP contribution in [0.4, 0.5) is 10.1 Å². The summed E-state index contributed by atoms with van der Waals surface area (Å²) in [6, 6.07) is 13.2. The molecule has 0 saturated heterocycles. The number of ether oxygens (including phenoxy) is 1. The van der Waals surface area contributed by atoms with Crippen LogP contribution < -0.4 is 5.32 Å². The molecule has 0 bridgehead atoms. The minimum atomic E-state index is -0.209. The van der Waals surface area contributed by atoms with Crippen LogP contribution in [0.2, 0.25) is 0 Å². The molecule has 2 aromatic carbocycles. The topological polar surface area (TPSA) is 21.3 Å². The minimum absolute atomic E-state index is 0.0563. The fourth-order valence-electron chi connectivity index (χ4n) is 2.48. The Morgan fingerprint density at radius 1 is 1.25 bits per heavy atom. The van der Waals surface area contributed by atoms with Crippen molar-refractivity contribution in [3.63, 3.8) is 0 Å². The molecule has 1 heterocycles. The van der Waals surface area contributed by atoms with E-state index in [1.165, 1.54) is 23.3 Å². The molecule has 1 aliphatic rings. The Bertz CT molecular complexity index is 617. The smallest absolute Gasteiger partial charge is 0.124 e. The first-order valence-corrected chi connectivity index (χ1v) is 7.70. The predicted molar refractivity (Wildman–Crippen MR) is 86.4 cm³/mol. The summed E-state index contributed by atoms with van der Waals surface area (Å²) in [5.74, 6) is -0.209. The number of nitrogens with one attached hydrogen (secondary N) is 1. The maximum atomic E-state index is 13.1. The highest BCUT2D eigenvalue weighted by Crippen LogP contribution is 2.28. The molecule has 4 heteroatoms. The van der Waals surface area contributed by atoms with Gasteiger partial charge < -0.3 is 10.1 Å². The van der Waals surface area contributed by atoms with Gasteiger partial charge in [-0.3, -0.25) is 0 Å². The standard InChI is InChI=1S/C16H15FINO/c17-12-5-6-15(14(18)9-12)19-10-16-13-4-2-1-3-11(13)7-8-20-16/h1-6,9,16,19H,7-8,10H2. The number of benzene rings is 2. The molecule has 1 N–H and O–H groups in total. The van der Waals surface area contributed by atoms with Gasteiger partial charge in [-0.25, -0.2) is 4.39 Å². The lowest BCUT2D eigenvalue weighted by molar-refractivity contribution is 0.0513. The predicted octanol–water partition coefficient (Wildman–Crippen LogP) is 4.16. The molecule has 1 aliphatic heterocycles. The van der Waals surface area contributed by atoms with Crippen LogP contribution in [0.5, 0.6) is 0 Å². The van der Waals surface area contributed by atoms with Crippen molar-refractivity contribution in [2.24, 2.45) is 0 Å². The van der Waals surface area contributed by atoms with E-state index in [9.17, 15) is 4.39 Å². The van der Waals surface area contributed by atoms with Crippen LogP contribution >= 0.6 is 22.6 Å². The third-order valence-electron chi connectivity index (χ3n) is 3.50. The maximum Gasteiger partial charge on any atom is 0.124 e. The van der Waals surface area contributed by atoms with E-state index in [0.29, 0.717) is 6.54 Å². The van der Waals surface area contributed by atoms with E-state index in [0.717, 1.165) is 22.3 Å². The first-order valence-electron chi connectivity index (χ1n) is 6.62. The molecule has 0 aliphatic carbocycles. The molecule has 1 unspecified atom stereocenters. The Morgan fingerprint density at radius 3 is 2.95 bits per heavy atom. The zero-order valence-electron chi connectivity index (χ0n) is 10.9. The van der Waals surface area contributed by atoms with Crippen LogP contribution in [0, 0.1) is 9.39 Å². The molecule has 3 rings (SSSR count). The number of rotatable bonds is 3. The van der Waals surface area contributed by atoms with Gasteiger partial charge in [-0.2, -0.15) is 0 Å². The first kappa shape index (κ1) is 13.8. The van der Waals surface area contributed by atoms with Crippen molar-refractivity contribution in [2.75, 3.05) is 18.5 Å². The Hall–Kier alpha value is -1.14. The van der Waals surface area contributed by atoms with Gasteiger partial charge in [0.25, 0.3) is 0 Å². The van der Waals surface area contributed by atoms with Gasteiger partial charge >= 0.3 is 0 Å². The molecule has 0 saturated carbocycles. The van der Waals surface area contributed by atoms with E-state index in [4.69, 9.17) is 4.74 Å². The zero-order chi connectivity index (χ0) is 13.9. The maximum absolute atomic E-state index is 13.1. The summed E-state index contributed by atoms with van der Waals surface area (Å²) >= 11 is 2.14. The van der Waals surface area contributed by atoms with E-state index in [-0.39, 0.29) is 11.9 Å². The fourth-order valence-corrected chi connectivity index (χ4v) is 3.15. The largest absolute Gasteiger partial charge is 0.381 e. The molecule has 0 amide bonds. The van der Waals surface area contributed by atoms with Crippen LogP contribution in [0.3, 0.4) is 0 Å². The Balaban J connectivity index is 1.73. The summed E-state index contributed by atoms with van der Waals surface area (Å²) in [7, 11) is 0. The van der Waals surface area contributed by atoms with Crippen LogP contribution in [0.1, 0.15) is 17.2 Å². The third kappa shape index (κ3) is 2.96. The van der Waals surface area contributed by atoms with Gasteiger partial charge in [-0.1, -0.05) is 24.3 Å². The van der Waals surface area contributed by atoms with Crippen LogP contribution in [0.15, 0.2) is 42.5 Å².